The van der Waals surface area contributed by atoms with Crippen LogP contribution in [0, 0.1) is 5.41 Å². The SMILES string of the molecule is CC(C)(C)CC(=O)c1cccc2cccnc12. The van der Waals surface area contributed by atoms with E-state index in [2.05, 4.69) is 25.8 Å². The molecule has 0 bridgehead atoms. The van der Waals surface area contributed by atoms with Crippen LogP contribution in [0.1, 0.15) is 37.6 Å². The molecule has 0 aliphatic carbocycles. The molecule has 2 nitrogen and oxygen atoms in total. The van der Waals surface area contributed by atoms with Gasteiger partial charge in [-0.05, 0) is 17.5 Å². The minimum Gasteiger partial charge on any atom is -0.294 e. The van der Waals surface area contributed by atoms with E-state index >= 15 is 0 Å². The average Bonchev–Trinajstić information content (AvgIpc) is 2.26. The Bertz CT molecular complexity index is 547. The fourth-order valence-corrected chi connectivity index (χ4v) is 1.91. The van der Waals surface area contributed by atoms with Gasteiger partial charge < -0.3 is 0 Å². The number of carbonyl (C=O) groups excluding carboxylic acids is 1. The molecule has 0 fully saturated rings. The van der Waals surface area contributed by atoms with Gasteiger partial charge >= 0.3 is 0 Å². The topological polar surface area (TPSA) is 30.0 Å². The van der Waals surface area contributed by atoms with Crippen molar-refractivity contribution in [2.45, 2.75) is 27.2 Å². The summed E-state index contributed by atoms with van der Waals surface area (Å²) in [5, 5.41) is 1.02. The van der Waals surface area contributed by atoms with E-state index in [1.807, 2.05) is 30.3 Å². The first-order chi connectivity index (χ1) is 7.97. The molecule has 1 heterocycles. The summed E-state index contributed by atoms with van der Waals surface area (Å²) in [7, 11) is 0. The van der Waals surface area contributed by atoms with Crippen molar-refractivity contribution in [3.8, 4) is 0 Å². The first kappa shape index (κ1) is 11.8. The molecule has 0 unspecified atom stereocenters. The molecule has 0 atom stereocenters. The average molecular weight is 227 g/mol. The van der Waals surface area contributed by atoms with Gasteiger partial charge in [0.2, 0.25) is 0 Å². The molecule has 1 aromatic heterocycles. The lowest BCUT2D eigenvalue weighted by molar-refractivity contribution is 0.0941. The van der Waals surface area contributed by atoms with Crippen molar-refractivity contribution in [2.75, 3.05) is 0 Å². The second-order valence-corrected chi connectivity index (χ2v) is 5.54. The number of aromatic nitrogens is 1. The number of para-hydroxylation sites is 1. The molecule has 88 valence electrons. The molecule has 0 saturated heterocycles. The van der Waals surface area contributed by atoms with Crippen LogP contribution in [0.3, 0.4) is 0 Å². The number of Topliss-reactive ketones (excluding diaryl/α,β-unsaturated/α-hetero) is 1. The minimum atomic E-state index is 0.00796. The molecule has 0 spiro atoms. The number of carbonyl (C=O) groups is 1. The molecule has 0 N–H and O–H groups in total. The van der Waals surface area contributed by atoms with E-state index in [-0.39, 0.29) is 11.2 Å². The zero-order chi connectivity index (χ0) is 12.5. The van der Waals surface area contributed by atoms with E-state index in [0.29, 0.717) is 6.42 Å². The van der Waals surface area contributed by atoms with Gasteiger partial charge in [0.25, 0.3) is 0 Å². The van der Waals surface area contributed by atoms with Crippen molar-refractivity contribution >= 4 is 16.7 Å². The maximum absolute atomic E-state index is 12.2. The molecule has 0 saturated carbocycles. The fraction of sp³-hybridized carbons (Fsp3) is 0.333. The highest BCUT2D eigenvalue weighted by atomic mass is 16.1. The Hall–Kier alpha value is -1.70. The first-order valence-electron chi connectivity index (χ1n) is 5.84. The van der Waals surface area contributed by atoms with E-state index in [1.165, 1.54) is 0 Å². The molecule has 2 heteroatoms. The van der Waals surface area contributed by atoms with Crippen LogP contribution in [0.25, 0.3) is 10.9 Å². The van der Waals surface area contributed by atoms with Crippen LogP contribution >= 0.6 is 0 Å². The van der Waals surface area contributed by atoms with Crippen LogP contribution in [-0.4, -0.2) is 10.8 Å². The molecular formula is C15H17NO. The van der Waals surface area contributed by atoms with E-state index in [9.17, 15) is 4.79 Å². The predicted molar refractivity (Wildman–Crippen MR) is 70.1 cm³/mol. The van der Waals surface area contributed by atoms with Gasteiger partial charge in [-0.25, -0.2) is 0 Å². The first-order valence-corrected chi connectivity index (χ1v) is 5.84. The van der Waals surface area contributed by atoms with E-state index in [1.54, 1.807) is 6.20 Å². The fourth-order valence-electron chi connectivity index (χ4n) is 1.91. The Morgan fingerprint density at radius 1 is 1.18 bits per heavy atom. The highest BCUT2D eigenvalue weighted by Crippen LogP contribution is 2.24. The maximum atomic E-state index is 12.2. The summed E-state index contributed by atoms with van der Waals surface area (Å²) >= 11 is 0. The van der Waals surface area contributed by atoms with Gasteiger partial charge in [-0.1, -0.05) is 39.0 Å². The van der Waals surface area contributed by atoms with Crippen LogP contribution in [-0.2, 0) is 0 Å². The zero-order valence-corrected chi connectivity index (χ0v) is 10.5. The molecule has 0 aliphatic rings. The number of hydrogen-bond acceptors (Lipinski definition) is 2. The summed E-state index contributed by atoms with van der Waals surface area (Å²) in [6.45, 7) is 6.22. The van der Waals surface area contributed by atoms with Crippen molar-refractivity contribution in [3.05, 3.63) is 42.1 Å². The summed E-state index contributed by atoms with van der Waals surface area (Å²) in [5.41, 5.74) is 1.55. The number of fused-ring (bicyclic) bond motifs is 1. The molecule has 0 amide bonds. The van der Waals surface area contributed by atoms with Gasteiger partial charge in [-0.3, -0.25) is 9.78 Å². The number of pyridine rings is 1. The monoisotopic (exact) mass is 227 g/mol. The lowest BCUT2D eigenvalue weighted by atomic mass is 9.87. The number of nitrogens with zero attached hydrogens (tertiary/aromatic N) is 1. The van der Waals surface area contributed by atoms with Crippen molar-refractivity contribution in [3.63, 3.8) is 0 Å². The normalized spacial score (nSPS) is 11.7. The maximum Gasteiger partial charge on any atom is 0.165 e. The van der Waals surface area contributed by atoms with Crippen molar-refractivity contribution in [2.24, 2.45) is 5.41 Å². The Balaban J connectivity index is 2.45. The number of benzene rings is 1. The second-order valence-electron chi connectivity index (χ2n) is 5.54. The van der Waals surface area contributed by atoms with Crippen LogP contribution in [0.5, 0.6) is 0 Å². The van der Waals surface area contributed by atoms with Gasteiger partial charge in [0, 0.05) is 23.6 Å². The highest BCUT2D eigenvalue weighted by Gasteiger charge is 2.19. The highest BCUT2D eigenvalue weighted by molar-refractivity contribution is 6.06. The van der Waals surface area contributed by atoms with Crippen molar-refractivity contribution in [1.82, 2.24) is 4.98 Å². The van der Waals surface area contributed by atoms with Crippen LogP contribution in [0.2, 0.25) is 0 Å². The van der Waals surface area contributed by atoms with Gasteiger partial charge in [-0.2, -0.15) is 0 Å². The predicted octanol–water partition coefficient (Wildman–Crippen LogP) is 3.85. The van der Waals surface area contributed by atoms with E-state index in [4.69, 9.17) is 0 Å². The number of hydrogen-bond donors (Lipinski definition) is 0. The summed E-state index contributed by atoms with van der Waals surface area (Å²) in [4.78, 5) is 16.5. The zero-order valence-electron chi connectivity index (χ0n) is 10.5. The third-order valence-electron chi connectivity index (χ3n) is 2.62. The molecule has 2 rings (SSSR count). The molecule has 1 aromatic carbocycles. The lowest BCUT2D eigenvalue weighted by Crippen LogP contribution is -2.13. The molecule has 17 heavy (non-hydrogen) atoms. The van der Waals surface area contributed by atoms with Gasteiger partial charge in [-0.15, -0.1) is 0 Å². The Kier molecular flexibility index (Phi) is 2.97. The van der Waals surface area contributed by atoms with Crippen molar-refractivity contribution in [1.29, 1.82) is 0 Å². The van der Waals surface area contributed by atoms with E-state index in [0.717, 1.165) is 16.5 Å². The Morgan fingerprint density at radius 2 is 1.88 bits per heavy atom. The smallest absolute Gasteiger partial charge is 0.165 e. The second kappa shape index (κ2) is 4.28. The molecule has 0 aliphatic heterocycles. The molecule has 0 radical (unpaired) electrons. The third kappa shape index (κ3) is 2.70. The van der Waals surface area contributed by atoms with Gasteiger partial charge in [0.15, 0.2) is 5.78 Å². The summed E-state index contributed by atoms with van der Waals surface area (Å²) < 4.78 is 0. The quantitative estimate of drug-likeness (QED) is 0.729. The Morgan fingerprint density at radius 3 is 2.59 bits per heavy atom. The standard InChI is InChI=1S/C15H17NO/c1-15(2,3)10-13(17)12-8-4-6-11-7-5-9-16-14(11)12/h4-9H,10H2,1-3H3. The molecule has 2 aromatic rings. The van der Waals surface area contributed by atoms with Crippen LogP contribution in [0.15, 0.2) is 36.5 Å². The minimum absolute atomic E-state index is 0.00796. The lowest BCUT2D eigenvalue weighted by Gasteiger charge is -2.17. The van der Waals surface area contributed by atoms with Crippen LogP contribution in [0.4, 0.5) is 0 Å². The third-order valence-corrected chi connectivity index (χ3v) is 2.62. The summed E-state index contributed by atoms with van der Waals surface area (Å²) in [6, 6.07) is 9.63. The Labute approximate surface area is 102 Å². The summed E-state index contributed by atoms with van der Waals surface area (Å²) in [6.07, 6.45) is 2.28. The number of rotatable bonds is 2. The van der Waals surface area contributed by atoms with Crippen molar-refractivity contribution < 1.29 is 4.79 Å². The summed E-state index contributed by atoms with van der Waals surface area (Å²) in [5.74, 6) is 0.168. The number of ketones is 1. The van der Waals surface area contributed by atoms with Gasteiger partial charge in [0.05, 0.1) is 5.52 Å². The molecular weight excluding hydrogens is 210 g/mol. The van der Waals surface area contributed by atoms with E-state index < -0.39 is 0 Å². The van der Waals surface area contributed by atoms with Crippen LogP contribution < -0.4 is 0 Å². The largest absolute Gasteiger partial charge is 0.294 e. The van der Waals surface area contributed by atoms with Gasteiger partial charge in [0.1, 0.15) is 0 Å².